The number of amides is 1. The average Bonchev–Trinajstić information content (AvgIpc) is 2.45. The number of benzene rings is 1. The smallest absolute Gasteiger partial charge is 0.251 e. The van der Waals surface area contributed by atoms with Crippen LogP contribution in [-0.2, 0) is 0 Å². The third-order valence-electron chi connectivity index (χ3n) is 3.12. The van der Waals surface area contributed by atoms with E-state index in [-0.39, 0.29) is 12.5 Å². The van der Waals surface area contributed by atoms with Gasteiger partial charge in [0.1, 0.15) is 6.61 Å². The van der Waals surface area contributed by atoms with Crippen LogP contribution in [0.2, 0.25) is 0 Å². The van der Waals surface area contributed by atoms with Crippen LogP contribution in [0.3, 0.4) is 0 Å². The molecule has 0 spiro atoms. The summed E-state index contributed by atoms with van der Waals surface area (Å²) in [6, 6.07) is 5.46. The summed E-state index contributed by atoms with van der Waals surface area (Å²) < 4.78 is 0. The topological polar surface area (TPSA) is 49.3 Å². The summed E-state index contributed by atoms with van der Waals surface area (Å²) in [4.78, 5) is 12.1. The van der Waals surface area contributed by atoms with E-state index in [2.05, 4.69) is 30.3 Å². The van der Waals surface area contributed by atoms with Gasteiger partial charge >= 0.3 is 0 Å². The second kappa shape index (κ2) is 8.68. The van der Waals surface area contributed by atoms with E-state index in [4.69, 9.17) is 5.11 Å². The van der Waals surface area contributed by atoms with Crippen molar-refractivity contribution < 1.29 is 9.90 Å². The number of aliphatic hydroxyl groups excluding tert-OH is 1. The molecular formula is C16H21NO2S. The molecule has 0 saturated carbocycles. The summed E-state index contributed by atoms with van der Waals surface area (Å²) in [6.45, 7) is 4.52. The molecule has 20 heavy (non-hydrogen) atoms. The molecule has 2 N–H and O–H groups in total. The Hall–Kier alpha value is -1.44. The number of carbonyl (C=O) groups is 1. The number of nitrogens with one attached hydrogen (secondary N) is 1. The molecule has 1 amide bonds. The molecule has 0 aliphatic carbocycles. The molecule has 1 atom stereocenters. The molecular weight excluding hydrogens is 270 g/mol. The first-order chi connectivity index (χ1) is 9.60. The van der Waals surface area contributed by atoms with E-state index in [0.717, 1.165) is 17.5 Å². The highest BCUT2D eigenvalue weighted by Gasteiger charge is 2.10. The number of rotatable bonds is 5. The first-order valence-corrected chi connectivity index (χ1v) is 7.89. The van der Waals surface area contributed by atoms with E-state index in [1.54, 1.807) is 17.8 Å². The number of hydrogen-bond acceptors (Lipinski definition) is 3. The molecule has 1 rings (SSSR count). The zero-order valence-corrected chi connectivity index (χ0v) is 13.0. The molecule has 1 aromatic carbocycles. The molecule has 1 unspecified atom stereocenters. The van der Waals surface area contributed by atoms with Gasteiger partial charge in [0.05, 0.1) is 0 Å². The van der Waals surface area contributed by atoms with Crippen molar-refractivity contribution in [3.05, 3.63) is 34.9 Å². The van der Waals surface area contributed by atoms with Gasteiger partial charge in [-0.25, -0.2) is 0 Å². The quantitative estimate of drug-likeness (QED) is 0.818. The van der Waals surface area contributed by atoms with Crippen molar-refractivity contribution in [1.29, 1.82) is 0 Å². The molecule has 0 aromatic heterocycles. The van der Waals surface area contributed by atoms with Crippen LogP contribution < -0.4 is 5.32 Å². The van der Waals surface area contributed by atoms with Gasteiger partial charge < -0.3 is 10.4 Å². The van der Waals surface area contributed by atoms with E-state index in [1.165, 1.54) is 0 Å². The number of aliphatic hydroxyl groups is 1. The van der Waals surface area contributed by atoms with Crippen LogP contribution in [-0.4, -0.2) is 35.7 Å². The lowest BCUT2D eigenvalue weighted by Crippen LogP contribution is -2.26. The minimum atomic E-state index is -0.178. The summed E-state index contributed by atoms with van der Waals surface area (Å²) in [5.41, 5.74) is 2.28. The van der Waals surface area contributed by atoms with Crippen molar-refractivity contribution in [2.24, 2.45) is 0 Å². The molecule has 1 aromatic rings. The van der Waals surface area contributed by atoms with Gasteiger partial charge in [-0.2, -0.15) is 11.8 Å². The molecule has 4 heteroatoms. The van der Waals surface area contributed by atoms with Crippen LogP contribution in [0.4, 0.5) is 0 Å². The van der Waals surface area contributed by atoms with Gasteiger partial charge in [0, 0.05) is 22.9 Å². The first-order valence-electron chi connectivity index (χ1n) is 6.60. The number of hydrogen-bond donors (Lipinski definition) is 2. The van der Waals surface area contributed by atoms with Gasteiger partial charge in [-0.05, 0) is 37.3 Å². The molecule has 0 fully saturated rings. The van der Waals surface area contributed by atoms with Crippen LogP contribution in [0, 0.1) is 18.8 Å². The minimum absolute atomic E-state index is 0.0662. The highest BCUT2D eigenvalue weighted by molar-refractivity contribution is 7.99. The maximum Gasteiger partial charge on any atom is 0.251 e. The molecule has 0 bridgehead atoms. The third-order valence-corrected chi connectivity index (χ3v) is 4.16. The second-order valence-electron chi connectivity index (χ2n) is 4.53. The Kier molecular flexibility index (Phi) is 7.21. The highest BCUT2D eigenvalue weighted by Crippen LogP contribution is 2.13. The number of thioether (sulfide) groups is 1. The standard InChI is InChI=1S/C16H21NO2S/c1-12(20-3)9-10-17-16(19)15-8-4-6-14(13(15)2)7-5-11-18/h4,6,8,12,18H,9-11H2,1-3H3,(H,17,19). The molecule has 108 valence electrons. The Morgan fingerprint density at radius 1 is 1.50 bits per heavy atom. The molecule has 0 saturated heterocycles. The summed E-state index contributed by atoms with van der Waals surface area (Å²) in [5.74, 6) is 5.40. The SMILES string of the molecule is CSC(C)CCNC(=O)c1cccc(C#CCO)c1C. The molecule has 0 heterocycles. The van der Waals surface area contributed by atoms with E-state index in [9.17, 15) is 4.79 Å². The van der Waals surface area contributed by atoms with Gasteiger partial charge in [0.2, 0.25) is 0 Å². The van der Waals surface area contributed by atoms with Crippen LogP contribution in [0.15, 0.2) is 18.2 Å². The van der Waals surface area contributed by atoms with E-state index >= 15 is 0 Å². The predicted molar refractivity (Wildman–Crippen MR) is 85.1 cm³/mol. The molecule has 0 aliphatic heterocycles. The largest absolute Gasteiger partial charge is 0.384 e. The zero-order valence-electron chi connectivity index (χ0n) is 12.2. The lowest BCUT2D eigenvalue weighted by atomic mass is 10.0. The maximum atomic E-state index is 12.1. The Morgan fingerprint density at radius 3 is 2.90 bits per heavy atom. The zero-order chi connectivity index (χ0) is 15.0. The van der Waals surface area contributed by atoms with Crippen molar-refractivity contribution in [2.75, 3.05) is 19.4 Å². The van der Waals surface area contributed by atoms with Crippen molar-refractivity contribution >= 4 is 17.7 Å². The van der Waals surface area contributed by atoms with Crippen molar-refractivity contribution in [3.8, 4) is 11.8 Å². The summed E-state index contributed by atoms with van der Waals surface area (Å²) in [7, 11) is 0. The summed E-state index contributed by atoms with van der Waals surface area (Å²) >= 11 is 1.79. The fourth-order valence-electron chi connectivity index (χ4n) is 1.75. The van der Waals surface area contributed by atoms with Gasteiger partial charge in [-0.3, -0.25) is 4.79 Å². The van der Waals surface area contributed by atoms with Crippen molar-refractivity contribution in [2.45, 2.75) is 25.5 Å². The monoisotopic (exact) mass is 291 g/mol. The van der Waals surface area contributed by atoms with Crippen LogP contribution in [0.1, 0.15) is 34.8 Å². The van der Waals surface area contributed by atoms with Crippen molar-refractivity contribution in [1.82, 2.24) is 5.32 Å². The van der Waals surface area contributed by atoms with Crippen LogP contribution in [0.5, 0.6) is 0 Å². The molecule has 0 aliphatic rings. The highest BCUT2D eigenvalue weighted by atomic mass is 32.2. The fourth-order valence-corrected chi connectivity index (χ4v) is 2.11. The lowest BCUT2D eigenvalue weighted by Gasteiger charge is -2.11. The lowest BCUT2D eigenvalue weighted by molar-refractivity contribution is 0.0952. The van der Waals surface area contributed by atoms with Gasteiger partial charge in [0.25, 0.3) is 5.91 Å². The Bertz CT molecular complexity index is 517. The first kappa shape index (κ1) is 16.6. The van der Waals surface area contributed by atoms with E-state index < -0.39 is 0 Å². The summed E-state index contributed by atoms with van der Waals surface area (Å²) in [5, 5.41) is 12.2. The maximum absolute atomic E-state index is 12.1. The Balaban J connectivity index is 2.73. The summed E-state index contributed by atoms with van der Waals surface area (Å²) in [6.07, 6.45) is 3.02. The second-order valence-corrected chi connectivity index (χ2v) is 5.81. The van der Waals surface area contributed by atoms with E-state index in [0.29, 0.717) is 17.4 Å². The normalized spacial score (nSPS) is 11.4. The van der Waals surface area contributed by atoms with Gasteiger partial charge in [-0.15, -0.1) is 0 Å². The van der Waals surface area contributed by atoms with E-state index in [1.807, 2.05) is 19.1 Å². The van der Waals surface area contributed by atoms with Crippen LogP contribution >= 0.6 is 11.8 Å². The average molecular weight is 291 g/mol. The van der Waals surface area contributed by atoms with Crippen molar-refractivity contribution in [3.63, 3.8) is 0 Å². The van der Waals surface area contributed by atoms with Gasteiger partial charge in [0.15, 0.2) is 0 Å². The Labute approximate surface area is 125 Å². The third kappa shape index (κ3) is 4.92. The molecule has 0 radical (unpaired) electrons. The fraction of sp³-hybridized carbons (Fsp3) is 0.438. The predicted octanol–water partition coefficient (Wildman–Crippen LogP) is 2.21. The number of carbonyl (C=O) groups excluding carboxylic acids is 1. The minimum Gasteiger partial charge on any atom is -0.384 e. The molecule has 3 nitrogen and oxygen atoms in total. The van der Waals surface area contributed by atoms with Gasteiger partial charge in [-0.1, -0.05) is 24.8 Å². The van der Waals surface area contributed by atoms with Crippen LogP contribution in [0.25, 0.3) is 0 Å². The Morgan fingerprint density at radius 2 is 2.25 bits per heavy atom.